The van der Waals surface area contributed by atoms with Crippen LogP contribution in [0.5, 0.6) is 0 Å². The fourth-order valence-electron chi connectivity index (χ4n) is 3.92. The summed E-state index contributed by atoms with van der Waals surface area (Å²) in [7, 11) is 9.87. The molecule has 0 unspecified atom stereocenters. The maximum atomic E-state index is 4.93. The monoisotopic (exact) mass is 477 g/mol. The minimum absolute atomic E-state index is 0.696. The summed E-state index contributed by atoms with van der Waals surface area (Å²) in [5.41, 5.74) is 8.48. The van der Waals surface area contributed by atoms with E-state index < -0.39 is 20.8 Å². The van der Waals surface area contributed by atoms with Crippen molar-refractivity contribution < 1.29 is 20.8 Å². The number of rotatable bonds is 5. The zero-order chi connectivity index (χ0) is 20.0. The van der Waals surface area contributed by atoms with Gasteiger partial charge in [0.1, 0.15) is 0 Å². The average molecular weight is 480 g/mol. The normalized spacial score (nSPS) is 10.8. The van der Waals surface area contributed by atoms with E-state index in [1.54, 1.807) is 0 Å². The fourth-order valence-corrected chi connectivity index (χ4v) is 3.92. The summed E-state index contributed by atoms with van der Waals surface area (Å²) in [4.78, 5) is 0. The molecule has 0 saturated carbocycles. The van der Waals surface area contributed by atoms with Crippen molar-refractivity contribution in [2.45, 2.75) is 53.9 Å². The Balaban J connectivity index is 0.000000817. The minimum atomic E-state index is -0.826. The van der Waals surface area contributed by atoms with Crippen molar-refractivity contribution in [2.24, 2.45) is 5.92 Å². The second-order valence-electron chi connectivity index (χ2n) is 7.76. The van der Waals surface area contributed by atoms with Crippen LogP contribution < -0.4 is 0 Å². The molecule has 0 fully saturated rings. The number of hydrogen-bond donors (Lipinski definition) is 0. The zero-order valence-electron chi connectivity index (χ0n) is 17.0. The molecule has 3 rings (SSSR count). The second-order valence-corrected chi connectivity index (χ2v) is 11.5. The first-order valence-corrected chi connectivity index (χ1v) is 16.0. The van der Waals surface area contributed by atoms with Gasteiger partial charge in [0.2, 0.25) is 0 Å². The Kier molecular flexibility index (Phi) is 9.20. The van der Waals surface area contributed by atoms with Crippen LogP contribution in [0, 0.1) is 19.8 Å². The van der Waals surface area contributed by atoms with Crippen LogP contribution in [-0.4, -0.2) is 0 Å². The van der Waals surface area contributed by atoms with Crippen molar-refractivity contribution in [1.82, 2.24) is 0 Å². The van der Waals surface area contributed by atoms with Gasteiger partial charge in [0.05, 0.1) is 0 Å². The van der Waals surface area contributed by atoms with Crippen LogP contribution in [0.2, 0.25) is 0 Å². The SMILES string of the molecule is CCCc1ccc2[cH-]c(CC(C)C)cc2c1-c1cc(C)cc(C)c1.[Cl][Zr][Cl]. The van der Waals surface area contributed by atoms with Crippen molar-refractivity contribution in [1.29, 1.82) is 0 Å². The van der Waals surface area contributed by atoms with E-state index >= 15 is 0 Å². The topological polar surface area (TPSA) is 0 Å². The summed E-state index contributed by atoms with van der Waals surface area (Å²) < 4.78 is 0. The van der Waals surface area contributed by atoms with Crippen molar-refractivity contribution in [3.8, 4) is 11.1 Å². The first kappa shape index (κ1) is 22.8. The molecule has 0 aliphatic carbocycles. The quantitative estimate of drug-likeness (QED) is 0.323. The van der Waals surface area contributed by atoms with Crippen molar-refractivity contribution >= 4 is 27.8 Å². The molecule has 0 radical (unpaired) electrons. The molecule has 144 valence electrons. The molecular weight excluding hydrogens is 450 g/mol. The first-order valence-electron chi connectivity index (χ1n) is 9.65. The van der Waals surface area contributed by atoms with E-state index in [4.69, 9.17) is 17.0 Å². The molecule has 0 N–H and O–H groups in total. The van der Waals surface area contributed by atoms with E-state index in [1.807, 2.05) is 0 Å². The summed E-state index contributed by atoms with van der Waals surface area (Å²) in [6.45, 7) is 11.3. The molecule has 27 heavy (non-hydrogen) atoms. The molecular formula is C24H29Cl2Zr-. The van der Waals surface area contributed by atoms with E-state index in [2.05, 4.69) is 77.1 Å². The molecule has 0 bridgehead atoms. The van der Waals surface area contributed by atoms with E-state index in [9.17, 15) is 0 Å². The van der Waals surface area contributed by atoms with Gasteiger partial charge in [0.15, 0.2) is 0 Å². The van der Waals surface area contributed by atoms with Crippen LogP contribution in [0.25, 0.3) is 21.9 Å². The molecule has 0 atom stereocenters. The number of benzene rings is 2. The third-order valence-electron chi connectivity index (χ3n) is 4.71. The molecule has 3 heteroatoms. The van der Waals surface area contributed by atoms with Gasteiger partial charge in [-0.15, -0.1) is 34.5 Å². The van der Waals surface area contributed by atoms with Gasteiger partial charge in [-0.05, 0) is 38.2 Å². The summed E-state index contributed by atoms with van der Waals surface area (Å²) in [6.07, 6.45) is 3.48. The van der Waals surface area contributed by atoms with Gasteiger partial charge in [-0.3, -0.25) is 0 Å². The van der Waals surface area contributed by atoms with Gasteiger partial charge in [-0.1, -0.05) is 67.6 Å². The summed E-state index contributed by atoms with van der Waals surface area (Å²) >= 11 is -0.826. The van der Waals surface area contributed by atoms with Gasteiger partial charge < -0.3 is 0 Å². The summed E-state index contributed by atoms with van der Waals surface area (Å²) in [5.74, 6) is 0.696. The summed E-state index contributed by atoms with van der Waals surface area (Å²) in [6, 6.07) is 16.4. The molecule has 0 heterocycles. The van der Waals surface area contributed by atoms with Crippen LogP contribution in [0.15, 0.2) is 42.5 Å². The zero-order valence-corrected chi connectivity index (χ0v) is 21.0. The fraction of sp³-hybridized carbons (Fsp3) is 0.375. The Morgan fingerprint density at radius 2 is 1.63 bits per heavy atom. The van der Waals surface area contributed by atoms with Gasteiger partial charge in [0.25, 0.3) is 0 Å². The van der Waals surface area contributed by atoms with Gasteiger partial charge in [-0.2, -0.15) is 6.07 Å². The summed E-state index contributed by atoms with van der Waals surface area (Å²) in [5, 5.41) is 2.82. The Morgan fingerprint density at radius 3 is 2.19 bits per heavy atom. The van der Waals surface area contributed by atoms with Crippen LogP contribution in [0.3, 0.4) is 0 Å². The van der Waals surface area contributed by atoms with Gasteiger partial charge in [-0.25, -0.2) is 0 Å². The van der Waals surface area contributed by atoms with E-state index in [1.165, 1.54) is 50.6 Å². The Bertz CT molecular complexity index is 857. The Labute approximate surface area is 183 Å². The molecule has 0 amide bonds. The van der Waals surface area contributed by atoms with Crippen LogP contribution in [-0.2, 0) is 33.7 Å². The standard InChI is InChI=1S/C24H29.2ClH.Zr/c1-6-7-20-8-9-21-14-19(10-16(2)3)15-23(21)24(20)22-12-17(4)11-18(5)13-22;;;/h8-9,11-16H,6-7,10H2,1-5H3;2*1H;/q-1;;;+2/p-2. The molecule has 0 spiro atoms. The van der Waals surface area contributed by atoms with Crippen molar-refractivity contribution in [3.05, 3.63) is 64.7 Å². The first-order chi connectivity index (χ1) is 12.9. The average Bonchev–Trinajstić information content (AvgIpc) is 2.96. The molecule has 0 aliphatic rings. The molecule has 0 aliphatic heterocycles. The second kappa shape index (κ2) is 10.9. The molecule has 0 nitrogen and oxygen atoms in total. The molecule has 0 aromatic heterocycles. The maximum absolute atomic E-state index is 4.93. The number of aryl methyl sites for hydroxylation is 3. The Morgan fingerprint density at radius 1 is 1.00 bits per heavy atom. The van der Waals surface area contributed by atoms with E-state index in [-0.39, 0.29) is 0 Å². The molecule has 3 aromatic rings. The predicted molar refractivity (Wildman–Crippen MR) is 119 cm³/mol. The van der Waals surface area contributed by atoms with Crippen molar-refractivity contribution in [2.75, 3.05) is 0 Å². The van der Waals surface area contributed by atoms with Gasteiger partial charge in [0, 0.05) is 0 Å². The Hall–Kier alpha value is -0.487. The van der Waals surface area contributed by atoms with Crippen molar-refractivity contribution in [3.63, 3.8) is 0 Å². The van der Waals surface area contributed by atoms with E-state index in [0.717, 1.165) is 12.8 Å². The van der Waals surface area contributed by atoms with Crippen LogP contribution in [0.1, 0.15) is 49.4 Å². The third kappa shape index (κ3) is 6.25. The number of halogens is 2. The molecule has 3 aromatic carbocycles. The molecule has 0 saturated heterocycles. The number of hydrogen-bond acceptors (Lipinski definition) is 0. The third-order valence-corrected chi connectivity index (χ3v) is 4.71. The number of fused-ring (bicyclic) bond motifs is 1. The van der Waals surface area contributed by atoms with Crippen LogP contribution in [0.4, 0.5) is 0 Å². The van der Waals surface area contributed by atoms with Crippen LogP contribution >= 0.6 is 17.0 Å². The predicted octanol–water partition coefficient (Wildman–Crippen LogP) is 8.37. The van der Waals surface area contributed by atoms with Gasteiger partial charge >= 0.3 is 37.9 Å². The van der Waals surface area contributed by atoms with E-state index in [0.29, 0.717) is 5.92 Å².